The van der Waals surface area contributed by atoms with Gasteiger partial charge in [-0.2, -0.15) is 0 Å². The summed E-state index contributed by atoms with van der Waals surface area (Å²) in [7, 11) is 0. The molecule has 0 amide bonds. The average molecular weight is 311 g/mol. The molecule has 1 unspecified atom stereocenters. The van der Waals surface area contributed by atoms with E-state index >= 15 is 0 Å². The zero-order valence-electron chi connectivity index (χ0n) is 13.0. The molecule has 1 aromatic carbocycles. The van der Waals surface area contributed by atoms with Gasteiger partial charge in [0.1, 0.15) is 5.82 Å². The van der Waals surface area contributed by atoms with Crippen LogP contribution >= 0.6 is 11.6 Å². The first-order valence-corrected chi connectivity index (χ1v) is 8.13. The van der Waals surface area contributed by atoms with Crippen molar-refractivity contribution in [1.29, 1.82) is 0 Å². The molecule has 1 saturated heterocycles. The van der Waals surface area contributed by atoms with Gasteiger partial charge in [-0.1, -0.05) is 23.7 Å². The fourth-order valence-electron chi connectivity index (χ4n) is 3.46. The van der Waals surface area contributed by atoms with Crippen LogP contribution in [0, 0.1) is 11.7 Å². The molecule has 1 aliphatic carbocycles. The van der Waals surface area contributed by atoms with Crippen molar-refractivity contribution in [3.8, 4) is 0 Å². The zero-order valence-corrected chi connectivity index (χ0v) is 13.8. The molecule has 2 fully saturated rings. The normalized spacial score (nSPS) is 29.6. The Morgan fingerprint density at radius 3 is 2.71 bits per heavy atom. The number of hydrogen-bond donors (Lipinski definition) is 1. The van der Waals surface area contributed by atoms with Crippen LogP contribution in [0.4, 0.5) is 4.39 Å². The van der Waals surface area contributed by atoms with Crippen LogP contribution in [0.1, 0.15) is 39.2 Å². The minimum absolute atomic E-state index is 0.0590. The van der Waals surface area contributed by atoms with Gasteiger partial charge in [0.2, 0.25) is 0 Å². The topological polar surface area (TPSA) is 15.3 Å². The van der Waals surface area contributed by atoms with E-state index in [4.69, 9.17) is 11.6 Å². The first-order chi connectivity index (χ1) is 9.82. The van der Waals surface area contributed by atoms with E-state index < -0.39 is 0 Å². The fourth-order valence-corrected chi connectivity index (χ4v) is 3.66. The van der Waals surface area contributed by atoms with Crippen LogP contribution in [0.5, 0.6) is 0 Å². The molecule has 0 spiro atoms. The lowest BCUT2D eigenvalue weighted by molar-refractivity contribution is 0.00450. The lowest BCUT2D eigenvalue weighted by atomic mass is 9.85. The molecule has 1 saturated carbocycles. The molecular formula is C17H24ClFN2. The maximum absolute atomic E-state index is 14.2. The standard InChI is InChI=1S/C17H24ClFN2/c1-16(2)11-21(17(3,10-20-16)13-7-8-13)9-12-5-4-6-14(18)15(12)19/h4-6,13,20H,7-11H2,1-3H3. The van der Waals surface area contributed by atoms with Gasteiger partial charge in [-0.3, -0.25) is 4.90 Å². The number of nitrogens with zero attached hydrogens (tertiary/aromatic N) is 1. The van der Waals surface area contributed by atoms with E-state index in [1.165, 1.54) is 12.8 Å². The predicted octanol–water partition coefficient (Wildman–Crippen LogP) is 3.83. The van der Waals surface area contributed by atoms with E-state index in [2.05, 4.69) is 31.0 Å². The highest BCUT2D eigenvalue weighted by molar-refractivity contribution is 6.30. The van der Waals surface area contributed by atoms with Crippen molar-refractivity contribution in [3.05, 3.63) is 34.6 Å². The van der Waals surface area contributed by atoms with Gasteiger partial charge in [0.05, 0.1) is 5.02 Å². The Morgan fingerprint density at radius 2 is 2.05 bits per heavy atom. The van der Waals surface area contributed by atoms with Crippen molar-refractivity contribution < 1.29 is 4.39 Å². The molecular weight excluding hydrogens is 287 g/mol. The highest BCUT2D eigenvalue weighted by Crippen LogP contribution is 2.45. The highest BCUT2D eigenvalue weighted by atomic mass is 35.5. The van der Waals surface area contributed by atoms with Crippen LogP contribution in [0.3, 0.4) is 0 Å². The van der Waals surface area contributed by atoms with Gasteiger partial charge in [-0.15, -0.1) is 0 Å². The van der Waals surface area contributed by atoms with Gasteiger partial charge < -0.3 is 5.32 Å². The van der Waals surface area contributed by atoms with Crippen LogP contribution in [-0.4, -0.2) is 29.1 Å². The molecule has 2 nitrogen and oxygen atoms in total. The third kappa shape index (κ3) is 2.96. The largest absolute Gasteiger partial charge is 0.309 e. The molecule has 4 heteroatoms. The summed E-state index contributed by atoms with van der Waals surface area (Å²) in [6, 6.07) is 5.30. The Hall–Kier alpha value is -0.640. The summed E-state index contributed by atoms with van der Waals surface area (Å²) >= 11 is 5.93. The zero-order chi connectivity index (χ0) is 15.3. The summed E-state index contributed by atoms with van der Waals surface area (Å²) in [5.74, 6) is 0.456. The van der Waals surface area contributed by atoms with Crippen molar-refractivity contribution in [3.63, 3.8) is 0 Å². The molecule has 2 aliphatic rings. The summed E-state index contributed by atoms with van der Waals surface area (Å²) in [6.45, 7) is 9.25. The van der Waals surface area contributed by atoms with Crippen molar-refractivity contribution >= 4 is 11.6 Å². The van der Waals surface area contributed by atoms with Crippen molar-refractivity contribution in [2.75, 3.05) is 13.1 Å². The lowest BCUT2D eigenvalue weighted by Crippen LogP contribution is -2.67. The first kappa shape index (κ1) is 15.3. The van der Waals surface area contributed by atoms with Crippen LogP contribution in [-0.2, 0) is 6.54 Å². The van der Waals surface area contributed by atoms with Gasteiger partial charge in [0, 0.05) is 36.3 Å². The van der Waals surface area contributed by atoms with E-state index in [0.717, 1.165) is 19.0 Å². The summed E-state index contributed by atoms with van der Waals surface area (Å²) < 4.78 is 14.2. The van der Waals surface area contributed by atoms with Gasteiger partial charge in [-0.05, 0) is 45.6 Å². The summed E-state index contributed by atoms with van der Waals surface area (Å²) in [5.41, 5.74) is 0.875. The van der Waals surface area contributed by atoms with Crippen LogP contribution in [0.2, 0.25) is 5.02 Å². The Labute approximate surface area is 131 Å². The monoisotopic (exact) mass is 310 g/mol. The number of rotatable bonds is 3. The predicted molar refractivity (Wildman–Crippen MR) is 85.0 cm³/mol. The molecule has 1 atom stereocenters. The average Bonchev–Trinajstić information content (AvgIpc) is 3.24. The number of hydrogen-bond acceptors (Lipinski definition) is 2. The second kappa shape index (κ2) is 5.22. The Bertz CT molecular complexity index is 542. The molecule has 116 valence electrons. The Kier molecular flexibility index (Phi) is 3.79. The lowest BCUT2D eigenvalue weighted by Gasteiger charge is -2.52. The van der Waals surface area contributed by atoms with Crippen molar-refractivity contribution in [1.82, 2.24) is 10.2 Å². The van der Waals surface area contributed by atoms with Gasteiger partial charge >= 0.3 is 0 Å². The van der Waals surface area contributed by atoms with E-state index in [1.54, 1.807) is 6.07 Å². The second-order valence-electron chi connectivity index (χ2n) is 7.44. The summed E-state index contributed by atoms with van der Waals surface area (Å²) in [6.07, 6.45) is 2.57. The Morgan fingerprint density at radius 1 is 1.33 bits per heavy atom. The van der Waals surface area contributed by atoms with Crippen LogP contribution in [0.15, 0.2) is 18.2 Å². The van der Waals surface area contributed by atoms with Gasteiger partial charge in [0.25, 0.3) is 0 Å². The maximum Gasteiger partial charge on any atom is 0.146 e. The van der Waals surface area contributed by atoms with Crippen LogP contribution < -0.4 is 5.32 Å². The third-order valence-electron chi connectivity index (χ3n) is 5.08. The molecule has 0 radical (unpaired) electrons. The molecule has 0 bridgehead atoms. The minimum Gasteiger partial charge on any atom is -0.309 e. The molecule has 21 heavy (non-hydrogen) atoms. The second-order valence-corrected chi connectivity index (χ2v) is 7.85. The van der Waals surface area contributed by atoms with E-state index in [9.17, 15) is 4.39 Å². The first-order valence-electron chi connectivity index (χ1n) is 7.75. The smallest absolute Gasteiger partial charge is 0.146 e. The number of nitrogens with one attached hydrogen (secondary N) is 1. The molecule has 3 rings (SSSR count). The summed E-state index contributed by atoms with van der Waals surface area (Å²) in [5, 5.41) is 3.87. The van der Waals surface area contributed by atoms with Crippen LogP contribution in [0.25, 0.3) is 0 Å². The molecule has 0 aromatic heterocycles. The van der Waals surface area contributed by atoms with Crippen molar-refractivity contribution in [2.24, 2.45) is 5.92 Å². The maximum atomic E-state index is 14.2. The van der Waals surface area contributed by atoms with Crippen molar-refractivity contribution in [2.45, 2.75) is 51.2 Å². The summed E-state index contributed by atoms with van der Waals surface area (Å²) in [4.78, 5) is 2.45. The SMILES string of the molecule is CC1(C)CN(Cc2cccc(Cl)c2F)C(C)(C2CC2)CN1. The van der Waals surface area contributed by atoms with Gasteiger partial charge in [-0.25, -0.2) is 4.39 Å². The quantitative estimate of drug-likeness (QED) is 0.912. The third-order valence-corrected chi connectivity index (χ3v) is 5.37. The highest BCUT2D eigenvalue weighted by Gasteiger charge is 2.49. The van der Waals surface area contributed by atoms with E-state index in [0.29, 0.717) is 12.1 Å². The van der Waals surface area contributed by atoms with E-state index in [1.807, 2.05) is 12.1 Å². The Balaban J connectivity index is 1.87. The molecule has 1 aliphatic heterocycles. The molecule has 1 heterocycles. The number of halogens is 2. The van der Waals surface area contributed by atoms with Gasteiger partial charge in [0.15, 0.2) is 0 Å². The fraction of sp³-hybridized carbons (Fsp3) is 0.647. The molecule has 1 aromatic rings. The van der Waals surface area contributed by atoms with E-state index in [-0.39, 0.29) is 21.9 Å². The minimum atomic E-state index is -0.270. The number of benzene rings is 1. The number of piperazine rings is 1. The molecule has 1 N–H and O–H groups in total.